The summed E-state index contributed by atoms with van der Waals surface area (Å²) >= 11 is 0. The summed E-state index contributed by atoms with van der Waals surface area (Å²) < 4.78 is 4.78. The molecule has 0 aliphatic heterocycles. The molecule has 0 bridgehead atoms. The lowest BCUT2D eigenvalue weighted by Gasteiger charge is -2.10. The van der Waals surface area contributed by atoms with Gasteiger partial charge in [0.25, 0.3) is 0 Å². The predicted molar refractivity (Wildman–Crippen MR) is 85.4 cm³/mol. The van der Waals surface area contributed by atoms with E-state index in [1.54, 1.807) is 12.1 Å². The molecule has 106 valence electrons. The van der Waals surface area contributed by atoms with Crippen molar-refractivity contribution in [1.29, 1.82) is 5.26 Å². The first-order valence-corrected chi connectivity index (χ1v) is 6.85. The molecule has 3 rings (SSSR count). The molecule has 0 fully saturated rings. The molecule has 0 radical (unpaired) electrons. The number of carbonyl (C=O) groups is 1. The van der Waals surface area contributed by atoms with Crippen LogP contribution in [0.2, 0.25) is 0 Å². The molecule has 0 saturated carbocycles. The molecule has 3 nitrogen and oxygen atoms in total. The topological polar surface area (TPSA) is 50.1 Å². The highest BCUT2D eigenvalue weighted by atomic mass is 16.5. The van der Waals surface area contributed by atoms with E-state index in [2.05, 4.69) is 6.07 Å². The molecule has 0 heterocycles. The average molecular weight is 287 g/mol. The molecule has 3 heteroatoms. The van der Waals surface area contributed by atoms with Gasteiger partial charge in [-0.3, -0.25) is 0 Å². The number of carbonyl (C=O) groups excluding carboxylic acids is 1. The van der Waals surface area contributed by atoms with Crippen molar-refractivity contribution in [2.45, 2.75) is 0 Å². The Kier molecular flexibility index (Phi) is 3.59. The molecule has 22 heavy (non-hydrogen) atoms. The Hall–Kier alpha value is -3.12. The third-order valence-corrected chi connectivity index (χ3v) is 3.63. The highest BCUT2D eigenvalue weighted by molar-refractivity contribution is 6.03. The first-order valence-electron chi connectivity index (χ1n) is 6.85. The van der Waals surface area contributed by atoms with Gasteiger partial charge in [0.05, 0.1) is 24.3 Å². The first kappa shape index (κ1) is 13.8. The predicted octanol–water partition coefficient (Wildman–Crippen LogP) is 4.17. The van der Waals surface area contributed by atoms with Gasteiger partial charge in [0.1, 0.15) is 0 Å². The fraction of sp³-hybridized carbons (Fsp3) is 0.0526. The fourth-order valence-corrected chi connectivity index (χ4v) is 2.57. The molecular formula is C19H13NO2. The summed E-state index contributed by atoms with van der Waals surface area (Å²) in [5.74, 6) is -0.386. The number of rotatable bonds is 2. The van der Waals surface area contributed by atoms with Crippen molar-refractivity contribution in [2.75, 3.05) is 7.11 Å². The van der Waals surface area contributed by atoms with Crippen LogP contribution in [0.1, 0.15) is 15.9 Å². The maximum Gasteiger partial charge on any atom is 0.337 e. The minimum atomic E-state index is -0.386. The van der Waals surface area contributed by atoms with Crippen molar-refractivity contribution < 1.29 is 9.53 Å². The lowest BCUT2D eigenvalue weighted by molar-refractivity contribution is 0.0601. The van der Waals surface area contributed by atoms with Gasteiger partial charge in [0, 0.05) is 5.56 Å². The van der Waals surface area contributed by atoms with Gasteiger partial charge < -0.3 is 4.74 Å². The Morgan fingerprint density at radius 1 is 1.05 bits per heavy atom. The van der Waals surface area contributed by atoms with Crippen LogP contribution in [-0.4, -0.2) is 13.1 Å². The number of nitrogens with zero attached hydrogens (tertiary/aromatic N) is 1. The van der Waals surface area contributed by atoms with Crippen LogP contribution in [-0.2, 0) is 4.74 Å². The molecule has 0 atom stereocenters. The molecule has 0 aromatic heterocycles. The summed E-state index contributed by atoms with van der Waals surface area (Å²) in [5.41, 5.74) is 2.85. The quantitative estimate of drug-likeness (QED) is 0.665. The van der Waals surface area contributed by atoms with Crippen molar-refractivity contribution in [3.05, 3.63) is 71.8 Å². The standard InChI is InChI=1S/C19H13NO2/c1-22-19(21)15-9-7-13-8-10-16(12-20)18(17(13)11-15)14-5-3-2-4-6-14/h2-11H,1H3. The Morgan fingerprint density at radius 2 is 1.77 bits per heavy atom. The second-order valence-corrected chi connectivity index (χ2v) is 4.89. The van der Waals surface area contributed by atoms with Crippen LogP contribution in [0.5, 0.6) is 0 Å². The second-order valence-electron chi connectivity index (χ2n) is 4.89. The van der Waals surface area contributed by atoms with Crippen LogP contribution in [0.25, 0.3) is 21.9 Å². The average Bonchev–Trinajstić information content (AvgIpc) is 2.60. The smallest absolute Gasteiger partial charge is 0.337 e. The summed E-state index contributed by atoms with van der Waals surface area (Å²) in [4.78, 5) is 11.8. The van der Waals surface area contributed by atoms with Crippen molar-refractivity contribution in [3.63, 3.8) is 0 Å². The monoisotopic (exact) mass is 287 g/mol. The largest absolute Gasteiger partial charge is 0.465 e. The Labute approximate surface area is 128 Å². The van der Waals surface area contributed by atoms with Gasteiger partial charge in [-0.1, -0.05) is 42.5 Å². The van der Waals surface area contributed by atoms with Gasteiger partial charge in [-0.15, -0.1) is 0 Å². The van der Waals surface area contributed by atoms with Crippen molar-refractivity contribution >= 4 is 16.7 Å². The zero-order valence-corrected chi connectivity index (χ0v) is 12.0. The van der Waals surface area contributed by atoms with Gasteiger partial charge in [0.2, 0.25) is 0 Å². The van der Waals surface area contributed by atoms with Gasteiger partial charge in [-0.2, -0.15) is 5.26 Å². The van der Waals surface area contributed by atoms with E-state index in [0.29, 0.717) is 11.1 Å². The number of fused-ring (bicyclic) bond motifs is 1. The summed E-state index contributed by atoms with van der Waals surface area (Å²) in [6, 6.07) is 21.0. The molecule has 0 saturated heterocycles. The van der Waals surface area contributed by atoms with Crippen molar-refractivity contribution in [1.82, 2.24) is 0 Å². The number of hydrogen-bond donors (Lipinski definition) is 0. The molecule has 0 aliphatic carbocycles. The number of methoxy groups -OCH3 is 1. The number of ether oxygens (including phenoxy) is 1. The van der Waals surface area contributed by atoms with Crippen LogP contribution in [0.15, 0.2) is 60.7 Å². The Morgan fingerprint density at radius 3 is 2.45 bits per heavy atom. The van der Waals surface area contributed by atoms with Crippen LogP contribution >= 0.6 is 0 Å². The molecule has 0 spiro atoms. The van der Waals surface area contributed by atoms with E-state index in [4.69, 9.17) is 4.74 Å². The zero-order valence-electron chi connectivity index (χ0n) is 12.0. The van der Waals surface area contributed by atoms with Gasteiger partial charge in [0.15, 0.2) is 0 Å². The van der Waals surface area contributed by atoms with E-state index in [9.17, 15) is 10.1 Å². The third-order valence-electron chi connectivity index (χ3n) is 3.63. The maximum absolute atomic E-state index is 11.8. The Bertz CT molecular complexity index is 892. The number of nitriles is 1. The minimum absolute atomic E-state index is 0.386. The molecule has 0 unspecified atom stereocenters. The molecular weight excluding hydrogens is 274 g/mol. The molecule has 0 N–H and O–H groups in total. The zero-order chi connectivity index (χ0) is 15.5. The summed E-state index contributed by atoms with van der Waals surface area (Å²) in [6.07, 6.45) is 0. The van der Waals surface area contributed by atoms with Crippen LogP contribution in [0, 0.1) is 11.3 Å². The highest BCUT2D eigenvalue weighted by Gasteiger charge is 2.12. The van der Waals surface area contributed by atoms with Crippen molar-refractivity contribution in [3.8, 4) is 17.2 Å². The normalized spacial score (nSPS) is 10.2. The highest BCUT2D eigenvalue weighted by Crippen LogP contribution is 2.32. The molecule has 3 aromatic carbocycles. The van der Waals surface area contributed by atoms with Gasteiger partial charge in [-0.25, -0.2) is 4.79 Å². The number of benzene rings is 3. The van der Waals surface area contributed by atoms with E-state index in [1.165, 1.54) is 7.11 Å². The molecule has 0 aliphatic rings. The lowest BCUT2D eigenvalue weighted by Crippen LogP contribution is -2.01. The Balaban J connectivity index is 2.36. The molecule has 3 aromatic rings. The maximum atomic E-state index is 11.8. The number of hydrogen-bond acceptors (Lipinski definition) is 3. The lowest BCUT2D eigenvalue weighted by atomic mass is 9.93. The third kappa shape index (κ3) is 2.32. The van der Waals surface area contributed by atoms with Crippen molar-refractivity contribution in [2.24, 2.45) is 0 Å². The molecule has 0 amide bonds. The van der Waals surface area contributed by atoms with E-state index in [0.717, 1.165) is 21.9 Å². The van der Waals surface area contributed by atoms with E-state index in [1.807, 2.05) is 48.5 Å². The summed E-state index contributed by atoms with van der Waals surface area (Å²) in [7, 11) is 1.36. The van der Waals surface area contributed by atoms with Crippen LogP contribution in [0.4, 0.5) is 0 Å². The summed E-state index contributed by atoms with van der Waals surface area (Å²) in [6.45, 7) is 0. The van der Waals surface area contributed by atoms with E-state index < -0.39 is 0 Å². The van der Waals surface area contributed by atoms with Gasteiger partial charge in [-0.05, 0) is 34.5 Å². The van der Waals surface area contributed by atoms with Gasteiger partial charge >= 0.3 is 5.97 Å². The fourth-order valence-electron chi connectivity index (χ4n) is 2.57. The van der Waals surface area contributed by atoms with Crippen LogP contribution in [0.3, 0.4) is 0 Å². The SMILES string of the molecule is COC(=O)c1ccc2ccc(C#N)c(-c3ccccc3)c2c1. The second kappa shape index (κ2) is 5.71. The van der Waals surface area contributed by atoms with Crippen LogP contribution < -0.4 is 0 Å². The van der Waals surface area contributed by atoms with E-state index in [-0.39, 0.29) is 5.97 Å². The minimum Gasteiger partial charge on any atom is -0.465 e. The first-order chi connectivity index (χ1) is 10.7. The van der Waals surface area contributed by atoms with E-state index >= 15 is 0 Å². The summed E-state index contributed by atoms with van der Waals surface area (Å²) in [5, 5.41) is 11.3. The number of esters is 1.